The summed E-state index contributed by atoms with van der Waals surface area (Å²) >= 11 is 0. The van der Waals surface area contributed by atoms with E-state index in [1.807, 2.05) is 0 Å². The second-order valence-corrected chi connectivity index (χ2v) is 4.07. The van der Waals surface area contributed by atoms with Gasteiger partial charge in [-0.25, -0.2) is 0 Å². The number of benzene rings is 1. The molecule has 9 heteroatoms. The van der Waals surface area contributed by atoms with E-state index in [9.17, 15) is 18.5 Å². The maximum atomic E-state index is 10.8. The van der Waals surface area contributed by atoms with Gasteiger partial charge in [-0.2, -0.15) is 8.42 Å². The lowest BCUT2D eigenvalue weighted by Crippen LogP contribution is -2.01. The second kappa shape index (κ2) is 5.51. The van der Waals surface area contributed by atoms with Crippen LogP contribution >= 0.6 is 0 Å². The van der Waals surface area contributed by atoms with Crippen LogP contribution in [-0.2, 0) is 10.1 Å². The van der Waals surface area contributed by atoms with Gasteiger partial charge in [-0.1, -0.05) is 6.07 Å². The average molecular weight is 253 g/mol. The van der Waals surface area contributed by atoms with Crippen molar-refractivity contribution in [1.29, 1.82) is 0 Å². The summed E-state index contributed by atoms with van der Waals surface area (Å²) in [5.74, 6) is 0. The molecule has 0 bridgehead atoms. The summed E-state index contributed by atoms with van der Waals surface area (Å²) in [6.07, 6.45) is 0. The highest BCUT2D eigenvalue weighted by molar-refractivity contribution is 7.85. The van der Waals surface area contributed by atoms with Gasteiger partial charge >= 0.3 is 0 Å². The van der Waals surface area contributed by atoms with Gasteiger partial charge in [0.1, 0.15) is 4.90 Å². The number of nitrogens with zero attached hydrogens (tertiary/aromatic N) is 1. The molecule has 8 nitrogen and oxygen atoms in total. The standard InChI is InChI=1S/C7H7NO5S.2H2O/c1-5-2-3-6(8(9)10)4-7(5)14(11,12)13;;/h2-4H,1H3,(H,11,12,13);2*1H2. The number of nitro benzene ring substituents is 1. The monoisotopic (exact) mass is 253 g/mol. The number of nitro groups is 1. The average Bonchev–Trinajstić information content (AvgIpc) is 2.02. The lowest BCUT2D eigenvalue weighted by atomic mass is 10.2. The fourth-order valence-corrected chi connectivity index (χ4v) is 1.72. The van der Waals surface area contributed by atoms with Crippen LogP contribution in [-0.4, -0.2) is 28.8 Å². The van der Waals surface area contributed by atoms with E-state index >= 15 is 0 Å². The fraction of sp³-hybridized carbons (Fsp3) is 0.143. The first-order valence-electron chi connectivity index (χ1n) is 3.55. The van der Waals surface area contributed by atoms with Crippen molar-refractivity contribution in [3.8, 4) is 0 Å². The van der Waals surface area contributed by atoms with Crippen LogP contribution in [0.25, 0.3) is 0 Å². The highest BCUT2D eigenvalue weighted by Gasteiger charge is 2.17. The van der Waals surface area contributed by atoms with Gasteiger partial charge in [0.2, 0.25) is 0 Å². The van der Waals surface area contributed by atoms with Crippen molar-refractivity contribution in [2.45, 2.75) is 11.8 Å². The molecule has 16 heavy (non-hydrogen) atoms. The third kappa shape index (κ3) is 3.55. The third-order valence-electron chi connectivity index (χ3n) is 1.66. The molecular formula is C7H11NO7S. The summed E-state index contributed by atoms with van der Waals surface area (Å²) in [5.41, 5.74) is -0.110. The van der Waals surface area contributed by atoms with Crippen LogP contribution in [0.3, 0.4) is 0 Å². The first kappa shape index (κ1) is 16.9. The van der Waals surface area contributed by atoms with E-state index in [0.29, 0.717) is 0 Å². The summed E-state index contributed by atoms with van der Waals surface area (Å²) in [5, 5.41) is 10.3. The molecule has 1 aromatic rings. The highest BCUT2D eigenvalue weighted by Crippen LogP contribution is 2.20. The van der Waals surface area contributed by atoms with E-state index in [0.717, 1.165) is 6.07 Å². The third-order valence-corrected chi connectivity index (χ3v) is 2.66. The maximum absolute atomic E-state index is 10.8. The van der Waals surface area contributed by atoms with Gasteiger partial charge in [0, 0.05) is 12.1 Å². The molecule has 0 aliphatic carbocycles. The lowest BCUT2D eigenvalue weighted by molar-refractivity contribution is -0.385. The van der Waals surface area contributed by atoms with Crippen molar-refractivity contribution in [3.05, 3.63) is 33.9 Å². The van der Waals surface area contributed by atoms with E-state index in [1.165, 1.54) is 19.1 Å². The zero-order valence-corrected chi connectivity index (χ0v) is 8.98. The minimum Gasteiger partial charge on any atom is -0.412 e. The van der Waals surface area contributed by atoms with Crippen LogP contribution in [0.2, 0.25) is 0 Å². The molecule has 0 aromatic heterocycles. The molecule has 5 N–H and O–H groups in total. The van der Waals surface area contributed by atoms with Crippen molar-refractivity contribution >= 4 is 15.8 Å². The van der Waals surface area contributed by atoms with Gasteiger partial charge in [0.05, 0.1) is 4.92 Å². The zero-order chi connectivity index (χ0) is 10.9. The Morgan fingerprint density at radius 3 is 2.19 bits per heavy atom. The Morgan fingerprint density at radius 1 is 1.31 bits per heavy atom. The van der Waals surface area contributed by atoms with E-state index in [-0.39, 0.29) is 22.2 Å². The molecule has 0 unspecified atom stereocenters. The summed E-state index contributed by atoms with van der Waals surface area (Å²) in [7, 11) is -4.39. The molecule has 92 valence electrons. The molecule has 0 atom stereocenters. The number of aryl methyl sites for hydroxylation is 1. The molecular weight excluding hydrogens is 242 g/mol. The van der Waals surface area contributed by atoms with Gasteiger partial charge in [0.25, 0.3) is 15.8 Å². The van der Waals surface area contributed by atoms with Gasteiger partial charge in [-0.3, -0.25) is 14.7 Å². The Kier molecular flexibility index (Phi) is 5.81. The number of hydrogen-bond donors (Lipinski definition) is 1. The first-order valence-corrected chi connectivity index (χ1v) is 4.99. The SMILES string of the molecule is Cc1ccc([N+](=O)[O-])cc1S(=O)(=O)O.O.O. The summed E-state index contributed by atoms with van der Waals surface area (Å²) in [4.78, 5) is 9.15. The minimum absolute atomic E-state index is 0. The quantitative estimate of drug-likeness (QED) is 0.426. The minimum atomic E-state index is -4.39. The number of non-ortho nitro benzene ring substituents is 1. The Balaban J connectivity index is 0. The Morgan fingerprint density at radius 2 is 1.81 bits per heavy atom. The summed E-state index contributed by atoms with van der Waals surface area (Å²) in [6.45, 7) is 1.44. The van der Waals surface area contributed by atoms with Crippen LogP contribution in [0.4, 0.5) is 5.69 Å². The zero-order valence-electron chi connectivity index (χ0n) is 8.17. The van der Waals surface area contributed by atoms with Crippen LogP contribution in [0.5, 0.6) is 0 Å². The van der Waals surface area contributed by atoms with E-state index < -0.39 is 19.9 Å². The predicted octanol–water partition coefficient (Wildman–Crippen LogP) is -0.499. The Hall–Kier alpha value is -1.55. The molecule has 0 radical (unpaired) electrons. The largest absolute Gasteiger partial charge is 0.412 e. The molecule has 0 aliphatic heterocycles. The van der Waals surface area contributed by atoms with Gasteiger partial charge in [0.15, 0.2) is 0 Å². The molecule has 0 saturated carbocycles. The van der Waals surface area contributed by atoms with Gasteiger partial charge in [-0.05, 0) is 12.5 Å². The van der Waals surface area contributed by atoms with Crippen molar-refractivity contribution in [2.75, 3.05) is 0 Å². The second-order valence-electron chi connectivity index (χ2n) is 2.68. The number of rotatable bonds is 2. The number of hydrogen-bond acceptors (Lipinski definition) is 4. The maximum Gasteiger partial charge on any atom is 0.295 e. The van der Waals surface area contributed by atoms with Crippen molar-refractivity contribution < 1.29 is 28.8 Å². The van der Waals surface area contributed by atoms with Crippen LogP contribution < -0.4 is 0 Å². The van der Waals surface area contributed by atoms with E-state index in [1.54, 1.807) is 0 Å². The Labute approximate surface area is 91.0 Å². The summed E-state index contributed by atoms with van der Waals surface area (Å²) in [6, 6.07) is 3.26. The topological polar surface area (TPSA) is 161 Å². The molecule has 1 aromatic carbocycles. The van der Waals surface area contributed by atoms with E-state index in [2.05, 4.69) is 0 Å². The summed E-state index contributed by atoms with van der Waals surface area (Å²) < 4.78 is 30.2. The fourth-order valence-electron chi connectivity index (χ4n) is 0.980. The molecule has 0 aliphatic rings. The first-order chi connectivity index (χ1) is 6.32. The lowest BCUT2D eigenvalue weighted by Gasteiger charge is -2.00. The van der Waals surface area contributed by atoms with Crippen LogP contribution in [0.15, 0.2) is 23.1 Å². The molecule has 0 heterocycles. The molecule has 1 rings (SSSR count). The molecule has 0 fully saturated rings. The molecule has 0 spiro atoms. The van der Waals surface area contributed by atoms with Crippen LogP contribution in [0.1, 0.15) is 5.56 Å². The van der Waals surface area contributed by atoms with Crippen molar-refractivity contribution in [2.24, 2.45) is 0 Å². The molecule has 0 saturated heterocycles. The molecule has 0 amide bonds. The highest BCUT2D eigenvalue weighted by atomic mass is 32.2. The normalized spacial score (nSPS) is 9.88. The van der Waals surface area contributed by atoms with E-state index in [4.69, 9.17) is 4.55 Å². The van der Waals surface area contributed by atoms with Crippen LogP contribution in [0, 0.1) is 17.0 Å². The van der Waals surface area contributed by atoms with Gasteiger partial charge in [-0.15, -0.1) is 0 Å². The Bertz CT molecular complexity index is 482. The van der Waals surface area contributed by atoms with Gasteiger partial charge < -0.3 is 11.0 Å². The smallest absolute Gasteiger partial charge is 0.295 e. The predicted molar refractivity (Wildman–Crippen MR) is 54.9 cm³/mol. The van der Waals surface area contributed by atoms with Crippen molar-refractivity contribution in [1.82, 2.24) is 0 Å². The van der Waals surface area contributed by atoms with Crippen molar-refractivity contribution in [3.63, 3.8) is 0 Å².